The lowest BCUT2D eigenvalue weighted by Gasteiger charge is -2.21. The number of hydrogen-bond donors (Lipinski definition) is 0. The third kappa shape index (κ3) is 3.08. The second kappa shape index (κ2) is 4.00. The van der Waals surface area contributed by atoms with Gasteiger partial charge in [-0.05, 0) is 55.5 Å². The first-order valence-electron chi connectivity index (χ1n) is 4.13. The lowest BCUT2D eigenvalue weighted by Crippen LogP contribution is -2.24. The van der Waals surface area contributed by atoms with Gasteiger partial charge in [0.2, 0.25) is 0 Å². The molecule has 1 rings (SSSR count). The van der Waals surface area contributed by atoms with E-state index in [1.165, 1.54) is 12.1 Å². The minimum atomic E-state index is -0.663. The molecule has 0 aliphatic carbocycles. The molecule has 1 nitrogen and oxygen atoms in total. The molecule has 0 aliphatic rings. The van der Waals surface area contributed by atoms with Crippen molar-refractivity contribution in [2.24, 2.45) is 0 Å². The van der Waals surface area contributed by atoms with Gasteiger partial charge < -0.3 is 4.74 Å². The first-order chi connectivity index (χ1) is 6.29. The lowest BCUT2D eigenvalue weighted by molar-refractivity contribution is 0.117. The Bertz CT molecular complexity index is 321. The van der Waals surface area contributed by atoms with Crippen LogP contribution >= 0.6 is 22.6 Å². The van der Waals surface area contributed by atoms with Crippen LogP contribution in [0, 0.1) is 15.2 Å². The van der Waals surface area contributed by atoms with E-state index in [2.05, 4.69) is 0 Å². The van der Waals surface area contributed by atoms with Crippen molar-refractivity contribution < 1.29 is 13.5 Å². The third-order valence-electron chi connectivity index (χ3n) is 1.37. The molecule has 0 amide bonds. The van der Waals surface area contributed by atoms with Crippen LogP contribution in [0.1, 0.15) is 20.8 Å². The van der Waals surface area contributed by atoms with Crippen LogP contribution in [0.2, 0.25) is 0 Å². The van der Waals surface area contributed by atoms with Crippen molar-refractivity contribution in [3.05, 3.63) is 27.3 Å². The van der Waals surface area contributed by atoms with Crippen LogP contribution in [0.3, 0.4) is 0 Å². The number of hydrogen-bond acceptors (Lipinski definition) is 1. The van der Waals surface area contributed by atoms with E-state index in [0.29, 0.717) is 3.57 Å². The summed E-state index contributed by atoms with van der Waals surface area (Å²) in [6.45, 7) is 5.22. The Hall–Kier alpha value is -0.390. The zero-order valence-corrected chi connectivity index (χ0v) is 10.4. The first kappa shape index (κ1) is 11.7. The molecule has 0 aliphatic heterocycles. The molecule has 1 aromatic carbocycles. The summed E-state index contributed by atoms with van der Waals surface area (Å²) in [6.07, 6.45) is 0. The summed E-state index contributed by atoms with van der Waals surface area (Å²) in [5.74, 6) is -1.63. The van der Waals surface area contributed by atoms with Crippen LogP contribution in [0.25, 0.3) is 0 Å². The van der Waals surface area contributed by atoms with Crippen molar-refractivity contribution in [2.75, 3.05) is 0 Å². The fraction of sp³-hybridized carbons (Fsp3) is 0.400. The van der Waals surface area contributed by atoms with E-state index >= 15 is 0 Å². The predicted octanol–water partition coefficient (Wildman–Crippen LogP) is 3.75. The highest BCUT2D eigenvalue weighted by molar-refractivity contribution is 14.1. The fourth-order valence-corrected chi connectivity index (χ4v) is 1.48. The molecule has 0 atom stereocenters. The second-order valence-electron chi connectivity index (χ2n) is 3.91. The molecule has 0 unspecified atom stereocenters. The smallest absolute Gasteiger partial charge is 0.191 e. The summed E-state index contributed by atoms with van der Waals surface area (Å²) < 4.78 is 32.2. The molecule has 0 saturated heterocycles. The molecule has 0 heterocycles. The van der Waals surface area contributed by atoms with E-state index < -0.39 is 17.2 Å². The number of benzene rings is 1. The Kier molecular flexibility index (Phi) is 3.34. The van der Waals surface area contributed by atoms with Gasteiger partial charge in [0.25, 0.3) is 0 Å². The molecular weight excluding hydrogens is 301 g/mol. The van der Waals surface area contributed by atoms with Gasteiger partial charge in [0.05, 0.1) is 0 Å². The maximum absolute atomic E-state index is 13.3. The van der Waals surface area contributed by atoms with Crippen molar-refractivity contribution in [2.45, 2.75) is 26.4 Å². The summed E-state index contributed by atoms with van der Waals surface area (Å²) in [6, 6.07) is 2.48. The minimum Gasteiger partial charge on any atom is -0.482 e. The standard InChI is InChI=1S/C10H11F2IO/c1-10(2,3)14-9-7(11)4-6(13)5-8(9)12/h4-5H,1-3H3. The van der Waals surface area contributed by atoms with Crippen molar-refractivity contribution >= 4 is 22.6 Å². The summed E-state index contributed by atoms with van der Waals surface area (Å²) >= 11 is 1.85. The normalized spacial score (nSPS) is 11.6. The zero-order valence-electron chi connectivity index (χ0n) is 8.20. The fourth-order valence-electron chi connectivity index (χ4n) is 0.933. The van der Waals surface area contributed by atoms with Crippen LogP contribution < -0.4 is 4.74 Å². The van der Waals surface area contributed by atoms with E-state index in [4.69, 9.17) is 4.74 Å². The molecule has 0 aromatic heterocycles. The van der Waals surface area contributed by atoms with Crippen LogP contribution in [-0.2, 0) is 0 Å². The third-order valence-corrected chi connectivity index (χ3v) is 1.99. The average molecular weight is 312 g/mol. The van der Waals surface area contributed by atoms with Crippen LogP contribution in [0.4, 0.5) is 8.78 Å². The Labute approximate surface area is 95.6 Å². The van der Waals surface area contributed by atoms with Crippen molar-refractivity contribution in [1.29, 1.82) is 0 Å². The molecule has 0 saturated carbocycles. The SMILES string of the molecule is CC(C)(C)Oc1c(F)cc(I)cc1F. The summed E-state index contributed by atoms with van der Waals surface area (Å²) in [5.41, 5.74) is -0.603. The lowest BCUT2D eigenvalue weighted by atomic mass is 10.2. The van der Waals surface area contributed by atoms with Gasteiger partial charge >= 0.3 is 0 Å². The molecule has 0 N–H and O–H groups in total. The summed E-state index contributed by atoms with van der Waals surface area (Å²) in [5, 5.41) is 0. The van der Waals surface area contributed by atoms with Crippen molar-refractivity contribution in [1.82, 2.24) is 0 Å². The molecule has 0 spiro atoms. The van der Waals surface area contributed by atoms with E-state index in [1.807, 2.05) is 22.6 Å². The van der Waals surface area contributed by atoms with Gasteiger partial charge in [-0.2, -0.15) is 0 Å². The number of ether oxygens (including phenoxy) is 1. The highest BCUT2D eigenvalue weighted by atomic mass is 127. The molecule has 0 fully saturated rings. The Morgan fingerprint density at radius 3 is 1.93 bits per heavy atom. The maximum atomic E-state index is 13.3. The maximum Gasteiger partial charge on any atom is 0.191 e. The van der Waals surface area contributed by atoms with Crippen molar-refractivity contribution in [3.8, 4) is 5.75 Å². The van der Waals surface area contributed by atoms with Crippen molar-refractivity contribution in [3.63, 3.8) is 0 Å². The number of rotatable bonds is 1. The molecule has 1 aromatic rings. The van der Waals surface area contributed by atoms with Gasteiger partial charge in [-0.1, -0.05) is 0 Å². The van der Waals surface area contributed by atoms with Gasteiger partial charge in [0.1, 0.15) is 5.60 Å². The van der Waals surface area contributed by atoms with E-state index in [9.17, 15) is 8.78 Å². The Morgan fingerprint density at radius 1 is 1.14 bits per heavy atom. The zero-order chi connectivity index (χ0) is 10.9. The van der Waals surface area contributed by atoms with Crippen LogP contribution in [0.5, 0.6) is 5.75 Å². The highest BCUT2D eigenvalue weighted by Crippen LogP contribution is 2.27. The molecule has 0 bridgehead atoms. The van der Waals surface area contributed by atoms with Gasteiger partial charge in [0.15, 0.2) is 17.4 Å². The van der Waals surface area contributed by atoms with E-state index in [1.54, 1.807) is 20.8 Å². The van der Waals surface area contributed by atoms with Crippen LogP contribution in [-0.4, -0.2) is 5.60 Å². The number of halogens is 3. The largest absolute Gasteiger partial charge is 0.482 e. The molecule has 4 heteroatoms. The second-order valence-corrected chi connectivity index (χ2v) is 5.16. The van der Waals surface area contributed by atoms with Gasteiger partial charge in [-0.25, -0.2) is 8.78 Å². The van der Waals surface area contributed by atoms with Crippen LogP contribution in [0.15, 0.2) is 12.1 Å². The topological polar surface area (TPSA) is 9.23 Å². The van der Waals surface area contributed by atoms with E-state index in [-0.39, 0.29) is 5.75 Å². The van der Waals surface area contributed by atoms with Gasteiger partial charge in [-0.3, -0.25) is 0 Å². The molecular formula is C10H11F2IO. The predicted molar refractivity (Wildman–Crippen MR) is 59.5 cm³/mol. The average Bonchev–Trinajstić information content (AvgIpc) is 1.95. The molecule has 0 radical (unpaired) electrons. The summed E-state index contributed by atoms with van der Waals surface area (Å²) in [4.78, 5) is 0. The van der Waals surface area contributed by atoms with Gasteiger partial charge in [0, 0.05) is 3.57 Å². The highest BCUT2D eigenvalue weighted by Gasteiger charge is 2.19. The Balaban J connectivity index is 3.09. The molecule has 14 heavy (non-hydrogen) atoms. The van der Waals surface area contributed by atoms with E-state index in [0.717, 1.165) is 0 Å². The summed E-state index contributed by atoms with van der Waals surface area (Å²) in [7, 11) is 0. The van der Waals surface area contributed by atoms with Gasteiger partial charge in [-0.15, -0.1) is 0 Å². The minimum absolute atomic E-state index is 0.307. The first-order valence-corrected chi connectivity index (χ1v) is 5.21. The Morgan fingerprint density at radius 2 is 1.57 bits per heavy atom. The monoisotopic (exact) mass is 312 g/mol. The quantitative estimate of drug-likeness (QED) is 0.718. The molecule has 78 valence electrons.